The first-order chi connectivity index (χ1) is 12.0. The fraction of sp³-hybridized carbons (Fsp3) is 0.500. The molecule has 2 amide bonds. The molecule has 0 aromatic carbocycles. The van der Waals surface area contributed by atoms with Gasteiger partial charge in [-0.2, -0.15) is 0 Å². The maximum Gasteiger partial charge on any atom is 0.254 e. The van der Waals surface area contributed by atoms with E-state index in [1.165, 1.54) is 4.88 Å². The lowest BCUT2D eigenvalue weighted by Crippen LogP contribution is -2.27. The van der Waals surface area contributed by atoms with Crippen LogP contribution < -0.4 is 10.6 Å². The molecular formula is C18H24N4O2S. The van der Waals surface area contributed by atoms with E-state index in [0.717, 1.165) is 36.9 Å². The van der Waals surface area contributed by atoms with Crippen LogP contribution in [0, 0.1) is 5.92 Å². The Morgan fingerprint density at radius 1 is 1.32 bits per heavy atom. The van der Waals surface area contributed by atoms with E-state index in [1.54, 1.807) is 23.9 Å². The van der Waals surface area contributed by atoms with E-state index in [1.807, 2.05) is 25.5 Å². The van der Waals surface area contributed by atoms with Gasteiger partial charge >= 0.3 is 0 Å². The number of aryl methyl sites for hydroxylation is 2. The van der Waals surface area contributed by atoms with Crippen LogP contribution in [0.15, 0.2) is 12.5 Å². The zero-order valence-electron chi connectivity index (χ0n) is 14.9. The first-order valence-electron chi connectivity index (χ1n) is 8.66. The predicted molar refractivity (Wildman–Crippen MR) is 98.8 cm³/mol. The predicted octanol–water partition coefficient (Wildman–Crippen LogP) is 2.88. The average Bonchev–Trinajstić information content (AvgIpc) is 3.15. The fourth-order valence-corrected chi connectivity index (χ4v) is 4.25. The molecule has 2 aromatic rings. The van der Waals surface area contributed by atoms with Crippen molar-refractivity contribution in [1.29, 1.82) is 0 Å². The highest BCUT2D eigenvalue weighted by Gasteiger charge is 2.26. The minimum Gasteiger partial charge on any atom is -0.346 e. The Balaban J connectivity index is 1.84. The molecule has 0 radical (unpaired) electrons. The molecular weight excluding hydrogens is 336 g/mol. The Bertz CT molecular complexity index is 791. The summed E-state index contributed by atoms with van der Waals surface area (Å²) in [5.74, 6) is -0.302. The van der Waals surface area contributed by atoms with Gasteiger partial charge in [-0.05, 0) is 31.2 Å². The largest absolute Gasteiger partial charge is 0.346 e. The van der Waals surface area contributed by atoms with Gasteiger partial charge in [-0.15, -0.1) is 11.3 Å². The smallest absolute Gasteiger partial charge is 0.254 e. The van der Waals surface area contributed by atoms with Crippen molar-refractivity contribution in [2.24, 2.45) is 13.0 Å². The standard InChI is InChI=1S/C18H24N4O2S/c1-11(2)16(23)21-18-15(13-6-4-5-7-14(13)25-18)17(24)20-9-12-8-19-10-22(12)3/h8,10-11H,4-7,9H2,1-3H3,(H,20,24)(H,21,23). The van der Waals surface area contributed by atoms with E-state index < -0.39 is 0 Å². The van der Waals surface area contributed by atoms with E-state index in [2.05, 4.69) is 15.6 Å². The Labute approximate surface area is 151 Å². The molecule has 2 N–H and O–H groups in total. The molecule has 25 heavy (non-hydrogen) atoms. The number of imidazole rings is 1. The zero-order chi connectivity index (χ0) is 18.0. The van der Waals surface area contributed by atoms with Gasteiger partial charge in [-0.3, -0.25) is 9.59 Å². The van der Waals surface area contributed by atoms with Gasteiger partial charge in [0.2, 0.25) is 5.91 Å². The first kappa shape index (κ1) is 17.7. The molecule has 1 aliphatic rings. The number of fused-ring (bicyclic) bond motifs is 1. The number of rotatable bonds is 5. The molecule has 0 atom stereocenters. The summed E-state index contributed by atoms with van der Waals surface area (Å²) in [6.45, 7) is 4.12. The normalized spacial score (nSPS) is 13.6. The van der Waals surface area contributed by atoms with Crippen LogP contribution in [0.2, 0.25) is 0 Å². The lowest BCUT2D eigenvalue weighted by atomic mass is 9.95. The third-order valence-corrected chi connectivity index (χ3v) is 5.71. The van der Waals surface area contributed by atoms with Crippen molar-refractivity contribution in [2.45, 2.75) is 46.1 Å². The summed E-state index contributed by atoms with van der Waals surface area (Å²) in [5, 5.41) is 6.62. The van der Waals surface area contributed by atoms with Crippen LogP contribution in [-0.4, -0.2) is 21.4 Å². The number of hydrogen-bond acceptors (Lipinski definition) is 4. The van der Waals surface area contributed by atoms with Crippen LogP contribution in [0.4, 0.5) is 5.00 Å². The summed E-state index contributed by atoms with van der Waals surface area (Å²) >= 11 is 1.55. The Kier molecular flexibility index (Phi) is 5.22. The number of thiophene rings is 1. The van der Waals surface area contributed by atoms with Crippen molar-refractivity contribution in [3.8, 4) is 0 Å². The van der Waals surface area contributed by atoms with Gasteiger partial charge in [0, 0.05) is 24.0 Å². The number of anilines is 1. The van der Waals surface area contributed by atoms with E-state index in [0.29, 0.717) is 17.1 Å². The number of nitrogens with zero attached hydrogens (tertiary/aromatic N) is 2. The van der Waals surface area contributed by atoms with Gasteiger partial charge in [0.25, 0.3) is 5.91 Å². The molecule has 6 nitrogen and oxygen atoms in total. The molecule has 134 valence electrons. The molecule has 2 heterocycles. The fourth-order valence-electron chi connectivity index (χ4n) is 2.96. The second-order valence-corrected chi connectivity index (χ2v) is 7.84. The van der Waals surface area contributed by atoms with E-state index in [-0.39, 0.29) is 17.7 Å². The number of carbonyl (C=O) groups is 2. The average molecular weight is 360 g/mol. The third-order valence-electron chi connectivity index (χ3n) is 4.51. The number of hydrogen-bond donors (Lipinski definition) is 2. The van der Waals surface area contributed by atoms with Gasteiger partial charge in [0.05, 0.1) is 24.1 Å². The summed E-state index contributed by atoms with van der Waals surface area (Å²) < 4.78 is 1.88. The first-order valence-corrected chi connectivity index (χ1v) is 9.47. The number of nitrogens with one attached hydrogen (secondary N) is 2. The van der Waals surface area contributed by atoms with Crippen LogP contribution in [0.3, 0.4) is 0 Å². The van der Waals surface area contributed by atoms with Crippen LogP contribution in [0.1, 0.15) is 53.2 Å². The van der Waals surface area contributed by atoms with Crippen molar-refractivity contribution in [3.63, 3.8) is 0 Å². The second-order valence-electron chi connectivity index (χ2n) is 6.74. The molecule has 0 saturated carbocycles. The Morgan fingerprint density at radius 3 is 2.76 bits per heavy atom. The molecule has 3 rings (SSSR count). The number of carbonyl (C=O) groups excluding carboxylic acids is 2. The van der Waals surface area contributed by atoms with Gasteiger partial charge in [-0.1, -0.05) is 13.8 Å². The molecule has 0 bridgehead atoms. The minimum atomic E-state index is -0.125. The third kappa shape index (κ3) is 3.76. The maximum atomic E-state index is 12.9. The lowest BCUT2D eigenvalue weighted by molar-refractivity contribution is -0.118. The maximum absolute atomic E-state index is 12.9. The van der Waals surface area contributed by atoms with Crippen LogP contribution >= 0.6 is 11.3 Å². The van der Waals surface area contributed by atoms with Gasteiger partial charge in [-0.25, -0.2) is 4.98 Å². The van der Waals surface area contributed by atoms with Gasteiger partial charge < -0.3 is 15.2 Å². The number of amides is 2. The summed E-state index contributed by atoms with van der Waals surface area (Å²) in [7, 11) is 1.90. The Hall–Kier alpha value is -2.15. The van der Waals surface area contributed by atoms with Crippen molar-refractivity contribution in [1.82, 2.24) is 14.9 Å². The highest BCUT2D eigenvalue weighted by molar-refractivity contribution is 7.17. The van der Waals surface area contributed by atoms with E-state index >= 15 is 0 Å². The summed E-state index contributed by atoms with van der Waals surface area (Å²) in [4.78, 5) is 30.3. The van der Waals surface area contributed by atoms with Crippen molar-refractivity contribution < 1.29 is 9.59 Å². The summed E-state index contributed by atoms with van der Waals surface area (Å²) in [5.41, 5.74) is 2.69. The minimum absolute atomic E-state index is 0.0562. The number of aromatic nitrogens is 2. The SMILES string of the molecule is CC(C)C(=O)Nc1sc2c(c1C(=O)NCc1cncn1C)CCCC2. The quantitative estimate of drug-likeness (QED) is 0.861. The molecule has 7 heteroatoms. The van der Waals surface area contributed by atoms with Crippen molar-refractivity contribution >= 4 is 28.2 Å². The molecule has 1 aliphatic carbocycles. The highest BCUT2D eigenvalue weighted by atomic mass is 32.1. The van der Waals surface area contributed by atoms with Gasteiger partial charge in [0.15, 0.2) is 0 Å². The summed E-state index contributed by atoms with van der Waals surface area (Å²) in [6, 6.07) is 0. The molecule has 0 saturated heterocycles. The van der Waals surface area contributed by atoms with E-state index in [4.69, 9.17) is 0 Å². The van der Waals surface area contributed by atoms with Gasteiger partial charge in [0.1, 0.15) is 5.00 Å². The molecule has 0 unspecified atom stereocenters. The highest BCUT2D eigenvalue weighted by Crippen LogP contribution is 2.38. The molecule has 0 fully saturated rings. The van der Waals surface area contributed by atoms with Crippen LogP contribution in [-0.2, 0) is 31.2 Å². The second kappa shape index (κ2) is 7.39. The van der Waals surface area contributed by atoms with Crippen LogP contribution in [0.5, 0.6) is 0 Å². The monoisotopic (exact) mass is 360 g/mol. The van der Waals surface area contributed by atoms with Crippen molar-refractivity contribution in [2.75, 3.05) is 5.32 Å². The molecule has 0 spiro atoms. The molecule has 0 aliphatic heterocycles. The van der Waals surface area contributed by atoms with Crippen LogP contribution in [0.25, 0.3) is 0 Å². The van der Waals surface area contributed by atoms with E-state index in [9.17, 15) is 9.59 Å². The topological polar surface area (TPSA) is 76.0 Å². The zero-order valence-corrected chi connectivity index (χ0v) is 15.7. The summed E-state index contributed by atoms with van der Waals surface area (Å²) in [6.07, 6.45) is 7.56. The Morgan fingerprint density at radius 2 is 2.08 bits per heavy atom. The lowest BCUT2D eigenvalue weighted by Gasteiger charge is -2.13. The molecule has 2 aromatic heterocycles. The van der Waals surface area contributed by atoms with Crippen molar-refractivity contribution in [3.05, 3.63) is 34.2 Å².